The lowest BCUT2D eigenvalue weighted by molar-refractivity contribution is -0.142. The third kappa shape index (κ3) is 3.05. The summed E-state index contributed by atoms with van der Waals surface area (Å²) in [6.07, 6.45) is 3.90. The van der Waals surface area contributed by atoms with Crippen molar-refractivity contribution in [3.05, 3.63) is 15.6 Å². The van der Waals surface area contributed by atoms with E-state index in [0.717, 1.165) is 62.6 Å². The van der Waals surface area contributed by atoms with Gasteiger partial charge in [0.05, 0.1) is 10.7 Å². The second-order valence-electron chi connectivity index (χ2n) is 6.67. The molecule has 5 nitrogen and oxygen atoms in total. The van der Waals surface area contributed by atoms with Crippen LogP contribution in [-0.4, -0.2) is 46.6 Å². The smallest absolute Gasteiger partial charge is 0.320 e. The minimum absolute atomic E-state index is 0.195. The fourth-order valence-electron chi connectivity index (χ4n) is 3.97. The number of nitrogens with zero attached hydrogens (tertiary/aromatic N) is 2. The summed E-state index contributed by atoms with van der Waals surface area (Å²) >= 11 is 1.72. The van der Waals surface area contributed by atoms with E-state index >= 15 is 0 Å². The molecule has 2 fully saturated rings. The highest BCUT2D eigenvalue weighted by Gasteiger charge is 2.47. The summed E-state index contributed by atoms with van der Waals surface area (Å²) in [5, 5.41) is 14.1. The van der Waals surface area contributed by atoms with Gasteiger partial charge < -0.3 is 10.4 Å². The van der Waals surface area contributed by atoms with Crippen molar-refractivity contribution in [1.29, 1.82) is 0 Å². The first-order valence-corrected chi connectivity index (χ1v) is 8.97. The summed E-state index contributed by atoms with van der Waals surface area (Å²) in [4.78, 5) is 19.7. The van der Waals surface area contributed by atoms with E-state index in [1.165, 1.54) is 4.88 Å². The zero-order valence-electron chi connectivity index (χ0n) is 13.4. The van der Waals surface area contributed by atoms with E-state index in [1.807, 2.05) is 6.92 Å². The SMILES string of the molecule is CCc1nc(C)sc1CN1CC2(CCNCC2)CC1C(=O)O. The third-order valence-electron chi connectivity index (χ3n) is 5.12. The first-order chi connectivity index (χ1) is 10.5. The van der Waals surface area contributed by atoms with Crippen molar-refractivity contribution in [2.75, 3.05) is 19.6 Å². The van der Waals surface area contributed by atoms with Crippen LogP contribution >= 0.6 is 11.3 Å². The monoisotopic (exact) mass is 323 g/mol. The molecule has 3 heterocycles. The molecular formula is C16H25N3O2S. The fourth-order valence-corrected chi connectivity index (χ4v) is 5.02. The molecule has 0 aromatic carbocycles. The van der Waals surface area contributed by atoms with Crippen LogP contribution in [0.1, 0.15) is 41.8 Å². The minimum Gasteiger partial charge on any atom is -0.480 e. The zero-order chi connectivity index (χ0) is 15.7. The van der Waals surface area contributed by atoms with Gasteiger partial charge in [0.25, 0.3) is 0 Å². The molecule has 3 rings (SSSR count). The van der Waals surface area contributed by atoms with Gasteiger partial charge in [-0.1, -0.05) is 6.92 Å². The molecule has 22 heavy (non-hydrogen) atoms. The van der Waals surface area contributed by atoms with E-state index in [1.54, 1.807) is 11.3 Å². The van der Waals surface area contributed by atoms with Crippen LogP contribution in [0.4, 0.5) is 0 Å². The highest BCUT2D eigenvalue weighted by atomic mass is 32.1. The van der Waals surface area contributed by atoms with E-state index in [4.69, 9.17) is 0 Å². The van der Waals surface area contributed by atoms with Crippen molar-refractivity contribution in [3.63, 3.8) is 0 Å². The van der Waals surface area contributed by atoms with Gasteiger partial charge in [-0.15, -0.1) is 11.3 Å². The van der Waals surface area contributed by atoms with Crippen molar-refractivity contribution >= 4 is 17.3 Å². The summed E-state index contributed by atoms with van der Waals surface area (Å²) in [6.45, 7) is 7.82. The first kappa shape index (κ1) is 15.9. The maximum atomic E-state index is 11.7. The number of aliphatic carboxylic acids is 1. The standard InChI is InChI=1S/C16H25N3O2S/c1-3-12-14(22-11(2)18-12)9-19-10-16(4-6-17-7-5-16)8-13(19)15(20)21/h13,17H,3-10H2,1-2H3,(H,20,21). The Morgan fingerprint density at radius 1 is 1.50 bits per heavy atom. The van der Waals surface area contributed by atoms with Crippen LogP contribution < -0.4 is 5.32 Å². The lowest BCUT2D eigenvalue weighted by Crippen LogP contribution is -2.38. The third-order valence-corrected chi connectivity index (χ3v) is 6.12. The Morgan fingerprint density at radius 3 is 2.86 bits per heavy atom. The van der Waals surface area contributed by atoms with Crippen molar-refractivity contribution in [1.82, 2.24) is 15.2 Å². The molecule has 1 aromatic rings. The van der Waals surface area contributed by atoms with Crippen LogP contribution in [0.25, 0.3) is 0 Å². The Kier molecular flexibility index (Phi) is 4.52. The molecule has 2 N–H and O–H groups in total. The Bertz CT molecular complexity index is 552. The number of aryl methyl sites for hydroxylation is 2. The van der Waals surface area contributed by atoms with Crippen molar-refractivity contribution in [2.24, 2.45) is 5.41 Å². The van der Waals surface area contributed by atoms with E-state index in [2.05, 4.69) is 22.1 Å². The fraction of sp³-hybridized carbons (Fsp3) is 0.750. The van der Waals surface area contributed by atoms with Crippen molar-refractivity contribution in [3.8, 4) is 0 Å². The number of hydrogen-bond donors (Lipinski definition) is 2. The molecule has 1 atom stereocenters. The van der Waals surface area contributed by atoms with Crippen LogP contribution in [0.3, 0.4) is 0 Å². The van der Waals surface area contributed by atoms with E-state index < -0.39 is 5.97 Å². The summed E-state index contributed by atoms with van der Waals surface area (Å²) in [7, 11) is 0. The summed E-state index contributed by atoms with van der Waals surface area (Å²) < 4.78 is 0. The van der Waals surface area contributed by atoms with Crippen molar-refractivity contribution < 1.29 is 9.90 Å². The number of likely N-dealkylation sites (tertiary alicyclic amines) is 1. The number of aromatic nitrogens is 1. The van der Waals surface area contributed by atoms with Gasteiger partial charge in [-0.25, -0.2) is 4.98 Å². The Labute approximate surface area is 135 Å². The molecular weight excluding hydrogens is 298 g/mol. The lowest BCUT2D eigenvalue weighted by atomic mass is 9.77. The molecule has 0 amide bonds. The Hall–Kier alpha value is -0.980. The number of carboxylic acid groups (broad SMARTS) is 1. The number of rotatable bonds is 4. The number of hydrogen-bond acceptors (Lipinski definition) is 5. The van der Waals surface area contributed by atoms with Crippen LogP contribution in [0.5, 0.6) is 0 Å². The summed E-state index contributed by atoms with van der Waals surface area (Å²) in [6, 6.07) is -0.342. The second-order valence-corrected chi connectivity index (χ2v) is 7.96. The second kappa shape index (κ2) is 6.26. The molecule has 1 aromatic heterocycles. The number of nitrogens with one attached hydrogen (secondary N) is 1. The van der Waals surface area contributed by atoms with E-state index in [0.29, 0.717) is 0 Å². The highest BCUT2D eigenvalue weighted by molar-refractivity contribution is 7.11. The summed E-state index contributed by atoms with van der Waals surface area (Å²) in [5.74, 6) is -0.672. The molecule has 2 aliphatic rings. The van der Waals surface area contributed by atoms with Crippen LogP contribution in [0.15, 0.2) is 0 Å². The Balaban J connectivity index is 1.79. The number of carboxylic acids is 1. The molecule has 1 spiro atoms. The molecule has 1 unspecified atom stereocenters. The average molecular weight is 323 g/mol. The Morgan fingerprint density at radius 2 is 2.23 bits per heavy atom. The largest absolute Gasteiger partial charge is 0.480 e. The number of thiazole rings is 1. The van der Waals surface area contributed by atoms with Gasteiger partial charge in [0.2, 0.25) is 0 Å². The van der Waals surface area contributed by atoms with E-state index in [9.17, 15) is 9.90 Å². The summed E-state index contributed by atoms with van der Waals surface area (Å²) in [5.41, 5.74) is 1.33. The van der Waals surface area contributed by atoms with Gasteiger partial charge in [0.15, 0.2) is 0 Å². The number of carbonyl (C=O) groups is 1. The van der Waals surface area contributed by atoms with Crippen LogP contribution in [0.2, 0.25) is 0 Å². The predicted octanol–water partition coefficient (Wildman–Crippen LogP) is 2.04. The molecule has 0 bridgehead atoms. The molecule has 2 aliphatic heterocycles. The van der Waals surface area contributed by atoms with Crippen molar-refractivity contribution in [2.45, 2.75) is 52.1 Å². The topological polar surface area (TPSA) is 65.5 Å². The number of piperidine rings is 1. The van der Waals surface area contributed by atoms with Gasteiger partial charge >= 0.3 is 5.97 Å². The van der Waals surface area contributed by atoms with Crippen LogP contribution in [0, 0.1) is 12.3 Å². The normalized spacial score (nSPS) is 24.9. The molecule has 0 saturated carbocycles. The quantitative estimate of drug-likeness (QED) is 0.888. The maximum Gasteiger partial charge on any atom is 0.320 e. The molecule has 2 saturated heterocycles. The molecule has 0 aliphatic carbocycles. The molecule has 122 valence electrons. The van der Waals surface area contributed by atoms with Gasteiger partial charge in [0.1, 0.15) is 6.04 Å². The van der Waals surface area contributed by atoms with Crippen LogP contribution in [-0.2, 0) is 17.8 Å². The van der Waals surface area contributed by atoms with Gasteiger partial charge in [0, 0.05) is 18.0 Å². The van der Waals surface area contributed by atoms with E-state index in [-0.39, 0.29) is 11.5 Å². The zero-order valence-corrected chi connectivity index (χ0v) is 14.2. The van der Waals surface area contributed by atoms with Gasteiger partial charge in [-0.05, 0) is 51.1 Å². The van der Waals surface area contributed by atoms with Gasteiger partial charge in [-0.3, -0.25) is 9.69 Å². The minimum atomic E-state index is -0.672. The first-order valence-electron chi connectivity index (χ1n) is 8.16. The molecule has 6 heteroatoms. The average Bonchev–Trinajstić information content (AvgIpc) is 3.01. The molecule has 0 radical (unpaired) electrons. The maximum absolute atomic E-state index is 11.7. The van der Waals surface area contributed by atoms with Gasteiger partial charge in [-0.2, -0.15) is 0 Å². The lowest BCUT2D eigenvalue weighted by Gasteiger charge is -2.33. The highest BCUT2D eigenvalue weighted by Crippen LogP contribution is 2.43. The predicted molar refractivity (Wildman–Crippen MR) is 87.2 cm³/mol.